The lowest BCUT2D eigenvalue weighted by Gasteiger charge is -2.17. The third-order valence-corrected chi connectivity index (χ3v) is 4.90. The van der Waals surface area contributed by atoms with Crippen molar-refractivity contribution in [3.8, 4) is 22.8 Å². The Hall–Kier alpha value is -3.21. The summed E-state index contributed by atoms with van der Waals surface area (Å²) in [5.74, 6) is -2.55. The van der Waals surface area contributed by atoms with Gasteiger partial charge < -0.3 is 10.2 Å². The third-order valence-electron chi connectivity index (χ3n) is 4.37. The second-order valence-electron chi connectivity index (χ2n) is 6.34. The molecule has 2 aromatic heterocycles. The summed E-state index contributed by atoms with van der Waals surface area (Å²) >= 11 is 3.33. The van der Waals surface area contributed by atoms with Crippen molar-refractivity contribution in [1.29, 1.82) is 0 Å². The Morgan fingerprint density at radius 1 is 1.20 bits per heavy atom. The number of nitrogens with one attached hydrogen (secondary N) is 1. The molecule has 7 nitrogen and oxygen atoms in total. The lowest BCUT2D eigenvalue weighted by Crippen LogP contribution is -2.37. The largest absolute Gasteiger partial charge is 0.493 e. The van der Waals surface area contributed by atoms with Crippen LogP contribution in [-0.2, 0) is 11.2 Å². The Kier molecular flexibility index (Phi) is 5.06. The number of nitrogens with zero attached hydrogens (tertiary/aromatic N) is 3. The lowest BCUT2D eigenvalue weighted by atomic mass is 10.1. The number of aromatic nitrogens is 3. The van der Waals surface area contributed by atoms with E-state index in [-0.39, 0.29) is 35.6 Å². The van der Waals surface area contributed by atoms with Crippen LogP contribution in [0.1, 0.15) is 16.1 Å². The molecule has 1 amide bonds. The molecule has 0 unspecified atom stereocenters. The van der Waals surface area contributed by atoms with E-state index < -0.39 is 18.1 Å². The van der Waals surface area contributed by atoms with Gasteiger partial charge in [0.2, 0.25) is 0 Å². The third kappa shape index (κ3) is 3.80. The first kappa shape index (κ1) is 20.1. The Morgan fingerprint density at radius 3 is 2.63 bits per heavy atom. The van der Waals surface area contributed by atoms with E-state index in [9.17, 15) is 22.8 Å². The summed E-state index contributed by atoms with van der Waals surface area (Å²) in [6, 6.07) is 9.93. The van der Waals surface area contributed by atoms with Gasteiger partial charge in [-0.1, -0.05) is 28.1 Å². The predicted molar refractivity (Wildman–Crippen MR) is 102 cm³/mol. The van der Waals surface area contributed by atoms with Crippen molar-refractivity contribution in [2.24, 2.45) is 0 Å². The van der Waals surface area contributed by atoms with Gasteiger partial charge in [0.05, 0.1) is 17.0 Å². The van der Waals surface area contributed by atoms with Crippen molar-refractivity contribution in [3.63, 3.8) is 0 Å². The highest BCUT2D eigenvalue weighted by atomic mass is 79.9. The van der Waals surface area contributed by atoms with Crippen LogP contribution in [0.2, 0.25) is 0 Å². The highest BCUT2D eigenvalue weighted by Crippen LogP contribution is 2.28. The van der Waals surface area contributed by atoms with Crippen LogP contribution in [0.5, 0.6) is 0 Å². The molecule has 3 aromatic rings. The fourth-order valence-corrected chi connectivity index (χ4v) is 3.28. The molecule has 1 N–H and O–H groups in total. The van der Waals surface area contributed by atoms with E-state index in [1.165, 1.54) is 18.3 Å². The second kappa shape index (κ2) is 7.56. The number of hydrogen-bond donors (Lipinski definition) is 1. The molecule has 0 saturated carbocycles. The number of carbonyl (C=O) groups excluding carboxylic acids is 2. The molecule has 0 saturated heterocycles. The highest BCUT2D eigenvalue weighted by Gasteiger charge is 2.43. The van der Waals surface area contributed by atoms with Crippen molar-refractivity contribution in [3.05, 3.63) is 58.3 Å². The first-order valence-corrected chi connectivity index (χ1v) is 9.45. The zero-order valence-corrected chi connectivity index (χ0v) is 16.6. The van der Waals surface area contributed by atoms with Crippen LogP contribution in [0, 0.1) is 0 Å². The number of amides is 1. The molecule has 0 aliphatic carbocycles. The van der Waals surface area contributed by atoms with Gasteiger partial charge in [0.25, 0.3) is 5.91 Å². The molecule has 1 aromatic carbocycles. The smallest absolute Gasteiger partial charge is 0.352 e. The van der Waals surface area contributed by atoms with Crippen molar-refractivity contribution in [1.82, 2.24) is 20.0 Å². The van der Waals surface area contributed by atoms with Crippen LogP contribution >= 0.6 is 15.9 Å². The number of halogens is 4. The summed E-state index contributed by atoms with van der Waals surface area (Å²) < 4.78 is 40.0. The van der Waals surface area contributed by atoms with Gasteiger partial charge in [0, 0.05) is 29.2 Å². The van der Waals surface area contributed by atoms with E-state index >= 15 is 0 Å². The van der Waals surface area contributed by atoms with Gasteiger partial charge in [-0.3, -0.25) is 4.79 Å². The van der Waals surface area contributed by atoms with Crippen LogP contribution in [0.25, 0.3) is 22.8 Å². The fourth-order valence-electron chi connectivity index (χ4n) is 3.01. The Bertz CT molecular complexity index is 1140. The average Bonchev–Trinajstić information content (AvgIpc) is 3.08. The van der Waals surface area contributed by atoms with Gasteiger partial charge in [0.1, 0.15) is 5.69 Å². The maximum atomic E-state index is 12.8. The maximum absolute atomic E-state index is 12.8. The summed E-state index contributed by atoms with van der Waals surface area (Å²) in [5, 5.41) is 2.60. The van der Waals surface area contributed by atoms with Gasteiger partial charge >= 0.3 is 12.1 Å². The Labute approximate surface area is 176 Å². The number of rotatable bonds is 3. The van der Waals surface area contributed by atoms with Crippen LogP contribution in [0.4, 0.5) is 13.2 Å². The minimum absolute atomic E-state index is 0.0374. The van der Waals surface area contributed by atoms with E-state index in [0.29, 0.717) is 11.4 Å². The molecule has 0 radical (unpaired) electrons. The van der Waals surface area contributed by atoms with Crippen LogP contribution in [0.15, 0.2) is 47.1 Å². The van der Waals surface area contributed by atoms with E-state index in [2.05, 4.69) is 36.1 Å². The zero-order chi connectivity index (χ0) is 21.5. The first-order valence-electron chi connectivity index (χ1n) is 8.65. The molecule has 4 rings (SSSR count). The minimum Gasteiger partial charge on any atom is -0.352 e. The summed E-state index contributed by atoms with van der Waals surface area (Å²) in [4.78, 5) is 36.9. The second-order valence-corrected chi connectivity index (χ2v) is 7.25. The molecule has 0 fully saturated rings. The summed E-state index contributed by atoms with van der Waals surface area (Å²) in [6.07, 6.45) is -3.57. The number of alkyl halides is 3. The summed E-state index contributed by atoms with van der Waals surface area (Å²) in [5.41, 5.74) is 1.19. The molecule has 1 aliphatic heterocycles. The van der Waals surface area contributed by atoms with E-state index in [0.717, 1.165) is 9.20 Å². The number of hydrogen-bond acceptors (Lipinski definition) is 5. The predicted octanol–water partition coefficient (Wildman–Crippen LogP) is 3.18. The van der Waals surface area contributed by atoms with Crippen molar-refractivity contribution >= 4 is 27.8 Å². The fraction of sp³-hybridized carbons (Fsp3) is 0.158. The van der Waals surface area contributed by atoms with Gasteiger partial charge in [-0.2, -0.15) is 17.9 Å². The van der Waals surface area contributed by atoms with Crippen LogP contribution < -0.4 is 10.2 Å². The van der Waals surface area contributed by atoms with Crippen LogP contribution in [-0.4, -0.2) is 39.3 Å². The summed E-state index contributed by atoms with van der Waals surface area (Å²) in [7, 11) is 0. The van der Waals surface area contributed by atoms with Gasteiger partial charge in [-0.05, 0) is 24.3 Å². The van der Waals surface area contributed by atoms with Crippen molar-refractivity contribution < 1.29 is 27.6 Å². The molecule has 0 bridgehead atoms. The number of fused-ring (bicyclic) bond motifs is 1. The van der Waals surface area contributed by atoms with E-state index in [1.807, 2.05) is 0 Å². The minimum atomic E-state index is -5.19. The van der Waals surface area contributed by atoms with Gasteiger partial charge in [0.15, 0.2) is 5.82 Å². The van der Waals surface area contributed by atoms with E-state index in [4.69, 9.17) is 0 Å². The van der Waals surface area contributed by atoms with Crippen LogP contribution in [0.3, 0.4) is 0 Å². The zero-order valence-electron chi connectivity index (χ0n) is 15.0. The summed E-state index contributed by atoms with van der Waals surface area (Å²) in [6.45, 7) is 0.201. The molecule has 30 heavy (non-hydrogen) atoms. The molecule has 11 heteroatoms. The molecular formula is C19H12BrF3N4O3. The standard InChI is InChI=1S/C19H12BrF3N4O3/c20-11-3-1-10(2-4-11)16-24-7-5-13(26-16)15-9-12-14(6-8-25-17(12)28)27(15)30-18(29)19(21,22)23/h1-5,7,9H,6,8H2,(H,25,28). The monoisotopic (exact) mass is 480 g/mol. The quantitative estimate of drug-likeness (QED) is 0.622. The molecule has 154 valence electrons. The molecule has 0 spiro atoms. The highest BCUT2D eigenvalue weighted by molar-refractivity contribution is 9.10. The molecule has 0 atom stereocenters. The molecule has 1 aliphatic rings. The van der Waals surface area contributed by atoms with Gasteiger partial charge in [-0.15, -0.1) is 0 Å². The molecular weight excluding hydrogens is 469 g/mol. The Balaban J connectivity index is 1.82. The normalized spacial score (nSPS) is 13.5. The maximum Gasteiger partial charge on any atom is 0.493 e. The topological polar surface area (TPSA) is 86.1 Å². The van der Waals surface area contributed by atoms with Gasteiger partial charge in [-0.25, -0.2) is 14.8 Å². The van der Waals surface area contributed by atoms with Crippen molar-refractivity contribution in [2.75, 3.05) is 6.54 Å². The molecule has 3 heterocycles. The lowest BCUT2D eigenvalue weighted by molar-refractivity contribution is -0.199. The SMILES string of the molecule is O=C1NCCc2c1cc(-c1ccnc(-c3ccc(Br)cc3)n1)n2OC(=O)C(F)(F)F. The first-order chi connectivity index (χ1) is 14.2. The number of benzene rings is 1. The average molecular weight is 481 g/mol. The number of carbonyl (C=O) groups is 2. The van der Waals surface area contributed by atoms with Crippen molar-refractivity contribution in [2.45, 2.75) is 12.6 Å². The van der Waals surface area contributed by atoms with E-state index in [1.54, 1.807) is 24.3 Å². The Morgan fingerprint density at radius 2 is 1.93 bits per heavy atom.